The largest absolute Gasteiger partial charge is 0.493 e. The van der Waals surface area contributed by atoms with E-state index in [9.17, 15) is 8.42 Å². The summed E-state index contributed by atoms with van der Waals surface area (Å²) in [6.07, 6.45) is 4.59. The molecule has 1 fully saturated rings. The molecule has 1 aromatic carbocycles. The van der Waals surface area contributed by atoms with E-state index in [0.717, 1.165) is 12.8 Å². The molecule has 0 aliphatic heterocycles. The number of hydrogen-bond acceptors (Lipinski definition) is 4. The molecule has 0 atom stereocenters. The Morgan fingerprint density at radius 2 is 1.95 bits per heavy atom. The second kappa shape index (κ2) is 6.01. The molecule has 0 spiro atoms. The maximum Gasteiger partial charge on any atom is 0.236 e. The zero-order valence-corrected chi connectivity index (χ0v) is 12.3. The summed E-state index contributed by atoms with van der Waals surface area (Å²) < 4.78 is 33.3. The van der Waals surface area contributed by atoms with Gasteiger partial charge < -0.3 is 9.47 Å². The van der Waals surface area contributed by atoms with Gasteiger partial charge in [-0.3, -0.25) is 0 Å². The highest BCUT2D eigenvalue weighted by Crippen LogP contribution is 2.33. The molecule has 0 radical (unpaired) electrons. The standard InChI is InChI=1S/C13H17ClO4S/c1-17-12-7-6-10(9-19(14,15)16)8-13(12)18-11-4-2-3-5-11/h6-8,11H,2-5,9H2,1H3. The number of hydrogen-bond donors (Lipinski definition) is 0. The number of ether oxygens (including phenoxy) is 2. The fourth-order valence-corrected chi connectivity index (χ4v) is 3.24. The van der Waals surface area contributed by atoms with Crippen LogP contribution in [0.4, 0.5) is 0 Å². The third-order valence-electron chi connectivity index (χ3n) is 3.16. The zero-order valence-electron chi connectivity index (χ0n) is 10.8. The van der Waals surface area contributed by atoms with Crippen molar-refractivity contribution in [1.82, 2.24) is 0 Å². The molecule has 1 aliphatic rings. The van der Waals surface area contributed by atoms with E-state index in [-0.39, 0.29) is 11.9 Å². The van der Waals surface area contributed by atoms with Crippen LogP contribution in [-0.2, 0) is 14.8 Å². The summed E-state index contributed by atoms with van der Waals surface area (Å²) >= 11 is 0. The van der Waals surface area contributed by atoms with Crippen molar-refractivity contribution in [3.63, 3.8) is 0 Å². The van der Waals surface area contributed by atoms with Crippen LogP contribution in [-0.4, -0.2) is 21.6 Å². The SMILES string of the molecule is COc1ccc(CS(=O)(=O)Cl)cc1OC1CCCC1. The Balaban J connectivity index is 2.20. The van der Waals surface area contributed by atoms with Crippen LogP contribution in [0.2, 0.25) is 0 Å². The van der Waals surface area contributed by atoms with Crippen LogP contribution in [0, 0.1) is 0 Å². The molecule has 0 heterocycles. The van der Waals surface area contributed by atoms with Crippen molar-refractivity contribution in [2.24, 2.45) is 0 Å². The minimum Gasteiger partial charge on any atom is -0.493 e. The minimum absolute atomic E-state index is 0.191. The molecule has 0 bridgehead atoms. The lowest BCUT2D eigenvalue weighted by atomic mass is 10.2. The van der Waals surface area contributed by atoms with E-state index in [1.54, 1.807) is 25.3 Å². The molecule has 6 heteroatoms. The summed E-state index contributed by atoms with van der Waals surface area (Å²) in [5.41, 5.74) is 0.601. The molecule has 106 valence electrons. The van der Waals surface area contributed by atoms with E-state index in [0.29, 0.717) is 17.1 Å². The summed E-state index contributed by atoms with van der Waals surface area (Å²) in [7, 11) is 3.26. The van der Waals surface area contributed by atoms with Gasteiger partial charge in [0.25, 0.3) is 0 Å². The van der Waals surface area contributed by atoms with Gasteiger partial charge in [0.1, 0.15) is 0 Å². The molecule has 2 rings (SSSR count). The number of benzene rings is 1. The average molecular weight is 305 g/mol. The van der Waals surface area contributed by atoms with Crippen molar-refractivity contribution in [1.29, 1.82) is 0 Å². The van der Waals surface area contributed by atoms with Gasteiger partial charge in [0.05, 0.1) is 19.0 Å². The van der Waals surface area contributed by atoms with Crippen LogP contribution in [0.5, 0.6) is 11.5 Å². The molecule has 1 aromatic rings. The molecule has 4 nitrogen and oxygen atoms in total. The third-order valence-corrected chi connectivity index (χ3v) is 4.17. The van der Waals surface area contributed by atoms with Crippen LogP contribution in [0.1, 0.15) is 31.2 Å². The summed E-state index contributed by atoms with van der Waals surface area (Å²) in [6, 6.07) is 5.08. The van der Waals surface area contributed by atoms with Crippen LogP contribution < -0.4 is 9.47 Å². The van der Waals surface area contributed by atoms with Gasteiger partial charge >= 0.3 is 0 Å². The van der Waals surface area contributed by atoms with E-state index in [1.807, 2.05) is 0 Å². The first-order valence-electron chi connectivity index (χ1n) is 6.24. The Bertz CT molecular complexity index is 536. The van der Waals surface area contributed by atoms with Gasteiger partial charge in [-0.25, -0.2) is 8.42 Å². The van der Waals surface area contributed by atoms with Crippen LogP contribution >= 0.6 is 10.7 Å². The molecular weight excluding hydrogens is 288 g/mol. The van der Waals surface area contributed by atoms with Gasteiger partial charge in [0.15, 0.2) is 11.5 Å². The fraction of sp³-hybridized carbons (Fsp3) is 0.538. The van der Waals surface area contributed by atoms with Gasteiger partial charge in [0, 0.05) is 10.7 Å². The Labute approximate surface area is 118 Å². The van der Waals surface area contributed by atoms with Gasteiger partial charge in [-0.15, -0.1) is 0 Å². The molecule has 1 saturated carbocycles. The average Bonchev–Trinajstić information content (AvgIpc) is 2.80. The third kappa shape index (κ3) is 4.28. The lowest BCUT2D eigenvalue weighted by Gasteiger charge is -2.16. The Hall–Kier alpha value is -0.940. The lowest BCUT2D eigenvalue weighted by Crippen LogP contribution is -2.12. The van der Waals surface area contributed by atoms with E-state index in [4.69, 9.17) is 20.2 Å². The lowest BCUT2D eigenvalue weighted by molar-refractivity contribution is 0.200. The first kappa shape index (κ1) is 14.5. The van der Waals surface area contributed by atoms with E-state index >= 15 is 0 Å². The van der Waals surface area contributed by atoms with Crippen LogP contribution in [0.15, 0.2) is 18.2 Å². The van der Waals surface area contributed by atoms with Gasteiger partial charge in [-0.05, 0) is 43.4 Å². The van der Waals surface area contributed by atoms with Crippen LogP contribution in [0.25, 0.3) is 0 Å². The highest BCUT2D eigenvalue weighted by molar-refractivity contribution is 8.13. The van der Waals surface area contributed by atoms with E-state index in [1.165, 1.54) is 12.8 Å². The second-order valence-electron chi connectivity index (χ2n) is 4.69. The van der Waals surface area contributed by atoms with Crippen molar-refractivity contribution in [3.05, 3.63) is 23.8 Å². The number of rotatable bonds is 5. The molecule has 1 aliphatic carbocycles. The smallest absolute Gasteiger partial charge is 0.236 e. The highest BCUT2D eigenvalue weighted by atomic mass is 35.7. The summed E-state index contributed by atoms with van der Waals surface area (Å²) in [5, 5.41) is 0. The van der Waals surface area contributed by atoms with Crippen molar-refractivity contribution >= 4 is 19.7 Å². The molecule has 0 unspecified atom stereocenters. The topological polar surface area (TPSA) is 52.6 Å². The predicted octanol–water partition coefficient (Wildman–Crippen LogP) is 3.09. The molecule has 0 N–H and O–H groups in total. The normalized spacial score (nSPS) is 16.5. The molecule has 0 amide bonds. The summed E-state index contributed by atoms with van der Waals surface area (Å²) in [4.78, 5) is 0. The number of methoxy groups -OCH3 is 1. The number of halogens is 1. The first-order valence-corrected chi connectivity index (χ1v) is 8.72. The van der Waals surface area contributed by atoms with Crippen molar-refractivity contribution in [2.75, 3.05) is 7.11 Å². The van der Waals surface area contributed by atoms with Gasteiger partial charge in [0.2, 0.25) is 9.05 Å². The van der Waals surface area contributed by atoms with Crippen molar-refractivity contribution in [2.45, 2.75) is 37.5 Å². The Kier molecular flexibility index (Phi) is 4.58. The Morgan fingerprint density at radius 1 is 1.26 bits per heavy atom. The quantitative estimate of drug-likeness (QED) is 0.784. The van der Waals surface area contributed by atoms with Gasteiger partial charge in [-0.1, -0.05) is 6.07 Å². The monoisotopic (exact) mass is 304 g/mol. The first-order chi connectivity index (χ1) is 8.98. The summed E-state index contributed by atoms with van der Waals surface area (Å²) in [5.74, 6) is 0.995. The minimum atomic E-state index is -3.56. The fourth-order valence-electron chi connectivity index (χ4n) is 2.29. The molecule has 19 heavy (non-hydrogen) atoms. The second-order valence-corrected chi connectivity index (χ2v) is 7.47. The van der Waals surface area contributed by atoms with E-state index in [2.05, 4.69) is 0 Å². The van der Waals surface area contributed by atoms with Gasteiger partial charge in [-0.2, -0.15) is 0 Å². The molecular formula is C13H17ClO4S. The predicted molar refractivity (Wildman–Crippen MR) is 74.4 cm³/mol. The maximum absolute atomic E-state index is 11.1. The Morgan fingerprint density at radius 3 is 2.53 bits per heavy atom. The van der Waals surface area contributed by atoms with E-state index < -0.39 is 9.05 Å². The zero-order chi connectivity index (χ0) is 13.9. The molecule has 0 saturated heterocycles. The van der Waals surface area contributed by atoms with Crippen LogP contribution in [0.3, 0.4) is 0 Å². The molecule has 0 aromatic heterocycles. The van der Waals surface area contributed by atoms with Crippen molar-refractivity contribution < 1.29 is 17.9 Å². The highest BCUT2D eigenvalue weighted by Gasteiger charge is 2.19. The maximum atomic E-state index is 11.1. The summed E-state index contributed by atoms with van der Waals surface area (Å²) in [6.45, 7) is 0. The van der Waals surface area contributed by atoms with Crippen molar-refractivity contribution in [3.8, 4) is 11.5 Å².